The fourth-order valence-electron chi connectivity index (χ4n) is 4.95. The first kappa shape index (κ1) is 20.8. The first-order valence-electron chi connectivity index (χ1n) is 11.4. The molecule has 7 heteroatoms. The minimum atomic E-state index is -0.351. The average molecular weight is 432 g/mol. The molecule has 2 amide bonds. The lowest BCUT2D eigenvalue weighted by Gasteiger charge is -2.18. The number of nitrogens with zero attached hydrogens (tertiary/aromatic N) is 3. The van der Waals surface area contributed by atoms with Crippen molar-refractivity contribution < 1.29 is 9.59 Å². The molecule has 7 nitrogen and oxygen atoms in total. The maximum Gasteiger partial charge on any atom is 0.257 e. The zero-order valence-electron chi connectivity index (χ0n) is 18.6. The maximum atomic E-state index is 12.5. The number of fused-ring (bicyclic) bond motifs is 1. The highest BCUT2D eigenvalue weighted by Crippen LogP contribution is 2.31. The van der Waals surface area contributed by atoms with Crippen molar-refractivity contribution >= 4 is 22.8 Å². The Bertz CT molecular complexity index is 1150. The second-order valence-electron chi connectivity index (χ2n) is 9.03. The monoisotopic (exact) mass is 431 g/mol. The van der Waals surface area contributed by atoms with Crippen LogP contribution in [0.2, 0.25) is 0 Å². The normalized spacial score (nSPS) is 21.9. The quantitative estimate of drug-likeness (QED) is 0.619. The van der Waals surface area contributed by atoms with E-state index in [0.717, 1.165) is 60.3 Å². The molecule has 2 N–H and O–H groups in total. The van der Waals surface area contributed by atoms with Gasteiger partial charge in [-0.1, -0.05) is 18.2 Å². The number of hydrogen-bond acceptors (Lipinski definition) is 5. The lowest BCUT2D eigenvalue weighted by molar-refractivity contribution is -0.124. The molecule has 0 unspecified atom stereocenters. The van der Waals surface area contributed by atoms with Gasteiger partial charge in [-0.15, -0.1) is 0 Å². The Balaban J connectivity index is 1.31. The van der Waals surface area contributed by atoms with Crippen LogP contribution in [0.25, 0.3) is 22.2 Å². The molecule has 5 rings (SSSR count). The van der Waals surface area contributed by atoms with Crippen LogP contribution in [0, 0.1) is 0 Å². The number of carbonyl (C=O) groups is 2. The number of carbonyl (C=O) groups excluding carboxylic acids is 2. The van der Waals surface area contributed by atoms with E-state index in [2.05, 4.69) is 34.4 Å². The summed E-state index contributed by atoms with van der Waals surface area (Å²) in [5, 5.41) is 2.55. The van der Waals surface area contributed by atoms with Crippen molar-refractivity contribution in [3.05, 3.63) is 53.9 Å². The average Bonchev–Trinajstić information content (AvgIpc) is 3.52. The Labute approximate surface area is 187 Å². The second-order valence-corrected chi connectivity index (χ2v) is 9.03. The summed E-state index contributed by atoms with van der Waals surface area (Å²) in [6, 6.07) is 13.7. The number of rotatable bonds is 4. The van der Waals surface area contributed by atoms with Crippen LogP contribution in [0.1, 0.15) is 47.9 Å². The number of aromatic amines is 1. The van der Waals surface area contributed by atoms with E-state index < -0.39 is 0 Å². The lowest BCUT2D eigenvalue weighted by Crippen LogP contribution is -2.43. The van der Waals surface area contributed by atoms with Crippen molar-refractivity contribution in [3.63, 3.8) is 0 Å². The topological polar surface area (TPSA) is 81.3 Å². The van der Waals surface area contributed by atoms with Crippen LogP contribution >= 0.6 is 0 Å². The molecule has 32 heavy (non-hydrogen) atoms. The van der Waals surface area contributed by atoms with E-state index in [1.54, 1.807) is 12.1 Å². The Hall–Kier alpha value is -3.03. The van der Waals surface area contributed by atoms with Crippen LogP contribution in [-0.2, 0) is 4.79 Å². The lowest BCUT2D eigenvalue weighted by atomic mass is 10.0. The fraction of sp³-hybridized carbons (Fsp3) is 0.400. The first-order chi connectivity index (χ1) is 15.5. The number of likely N-dealkylation sites (N-methyl/N-ethyl adjacent to an activating group) is 1. The van der Waals surface area contributed by atoms with Gasteiger partial charge in [-0.3, -0.25) is 24.7 Å². The van der Waals surface area contributed by atoms with Crippen molar-refractivity contribution in [2.45, 2.75) is 37.8 Å². The number of benzene rings is 2. The minimum Gasteiger partial charge on any atom is -0.341 e. The summed E-state index contributed by atoms with van der Waals surface area (Å²) >= 11 is 0. The molecular formula is C25H29N5O2. The van der Waals surface area contributed by atoms with Crippen molar-refractivity contribution in [1.29, 1.82) is 0 Å². The molecule has 166 valence electrons. The number of imidazole rings is 1. The number of imide groups is 1. The SMILES string of the molecule is CN1CCC[C@H]1C(=O)NC(=O)c1ccc(-c2ccc3nc([C@@H]4CCCN4C)[nH]c3c2)cc1. The molecule has 2 aliphatic heterocycles. The summed E-state index contributed by atoms with van der Waals surface area (Å²) < 4.78 is 0. The molecule has 2 fully saturated rings. The maximum absolute atomic E-state index is 12.5. The van der Waals surface area contributed by atoms with Gasteiger partial charge < -0.3 is 4.98 Å². The van der Waals surface area contributed by atoms with Crippen molar-refractivity contribution in [3.8, 4) is 11.1 Å². The molecular weight excluding hydrogens is 402 g/mol. The van der Waals surface area contributed by atoms with E-state index in [0.29, 0.717) is 11.6 Å². The van der Waals surface area contributed by atoms with Crippen LogP contribution in [0.4, 0.5) is 0 Å². The van der Waals surface area contributed by atoms with E-state index >= 15 is 0 Å². The van der Waals surface area contributed by atoms with Crippen molar-refractivity contribution in [2.24, 2.45) is 0 Å². The fourth-order valence-corrected chi connectivity index (χ4v) is 4.95. The zero-order chi connectivity index (χ0) is 22.2. The van der Waals surface area contributed by atoms with Crippen molar-refractivity contribution in [1.82, 2.24) is 25.1 Å². The molecule has 2 saturated heterocycles. The summed E-state index contributed by atoms with van der Waals surface area (Å²) in [4.78, 5) is 37.5. The zero-order valence-corrected chi connectivity index (χ0v) is 18.6. The molecule has 2 atom stereocenters. The molecule has 1 aromatic heterocycles. The largest absolute Gasteiger partial charge is 0.341 e. The third-order valence-electron chi connectivity index (χ3n) is 6.88. The van der Waals surface area contributed by atoms with Crippen molar-refractivity contribution in [2.75, 3.05) is 27.2 Å². The van der Waals surface area contributed by atoms with Gasteiger partial charge in [-0.25, -0.2) is 4.98 Å². The van der Waals surface area contributed by atoms with E-state index in [9.17, 15) is 9.59 Å². The highest BCUT2D eigenvalue weighted by molar-refractivity contribution is 6.06. The Morgan fingerprint density at radius 2 is 1.69 bits per heavy atom. The van der Waals surface area contributed by atoms with Gasteiger partial charge in [0.15, 0.2) is 0 Å². The molecule has 2 aliphatic rings. The van der Waals surface area contributed by atoms with Crippen LogP contribution < -0.4 is 5.32 Å². The van der Waals surface area contributed by atoms with Gasteiger partial charge >= 0.3 is 0 Å². The van der Waals surface area contributed by atoms with Gasteiger partial charge in [0.05, 0.1) is 23.1 Å². The van der Waals surface area contributed by atoms with Gasteiger partial charge in [0.2, 0.25) is 5.91 Å². The molecule has 3 aromatic rings. The summed E-state index contributed by atoms with van der Waals surface area (Å²) in [7, 11) is 4.07. The van der Waals surface area contributed by atoms with Crippen LogP contribution in [0.5, 0.6) is 0 Å². The highest BCUT2D eigenvalue weighted by Gasteiger charge is 2.29. The van der Waals surface area contributed by atoms with Crippen LogP contribution in [0.3, 0.4) is 0 Å². The Kier molecular flexibility index (Phi) is 5.53. The number of likely N-dealkylation sites (tertiary alicyclic amines) is 2. The summed E-state index contributed by atoms with van der Waals surface area (Å²) in [6.07, 6.45) is 4.11. The summed E-state index contributed by atoms with van der Waals surface area (Å²) in [6.45, 7) is 2.00. The third kappa shape index (κ3) is 3.94. The van der Waals surface area contributed by atoms with Crippen LogP contribution in [0.15, 0.2) is 42.5 Å². The van der Waals surface area contributed by atoms with E-state index in [1.165, 1.54) is 6.42 Å². The smallest absolute Gasteiger partial charge is 0.257 e. The molecule has 0 spiro atoms. The predicted molar refractivity (Wildman–Crippen MR) is 124 cm³/mol. The third-order valence-corrected chi connectivity index (χ3v) is 6.88. The molecule has 0 radical (unpaired) electrons. The predicted octanol–water partition coefficient (Wildman–Crippen LogP) is 3.35. The van der Waals surface area contributed by atoms with Gasteiger partial charge in [-0.05, 0) is 88.3 Å². The molecule has 3 heterocycles. The number of amides is 2. The minimum absolute atomic E-state index is 0.215. The molecule has 0 bridgehead atoms. The highest BCUT2D eigenvalue weighted by atomic mass is 16.2. The van der Waals surface area contributed by atoms with Gasteiger partial charge in [0, 0.05) is 5.56 Å². The van der Waals surface area contributed by atoms with E-state index in [1.807, 2.05) is 30.1 Å². The second kappa shape index (κ2) is 8.48. The molecule has 2 aromatic carbocycles. The Morgan fingerprint density at radius 1 is 0.969 bits per heavy atom. The van der Waals surface area contributed by atoms with Gasteiger partial charge in [-0.2, -0.15) is 0 Å². The first-order valence-corrected chi connectivity index (χ1v) is 11.4. The molecule has 0 aliphatic carbocycles. The van der Waals surface area contributed by atoms with E-state index in [-0.39, 0.29) is 17.9 Å². The van der Waals surface area contributed by atoms with Crippen LogP contribution in [-0.4, -0.2) is 64.8 Å². The van der Waals surface area contributed by atoms with Gasteiger partial charge in [0.25, 0.3) is 5.91 Å². The number of nitrogens with one attached hydrogen (secondary N) is 2. The number of H-pyrrole nitrogens is 1. The Morgan fingerprint density at radius 3 is 2.38 bits per heavy atom. The molecule has 0 saturated carbocycles. The number of aromatic nitrogens is 2. The standard InChI is InChI=1S/C25H29N5O2/c1-29-13-3-5-21(29)23-26-19-12-11-18(15-20(19)27-23)16-7-9-17(10-8-16)24(31)28-25(32)22-6-4-14-30(22)2/h7-12,15,21-22H,3-6,13-14H2,1-2H3,(H,26,27)(H,28,31,32)/t21-,22-/m0/s1. The summed E-state index contributed by atoms with van der Waals surface area (Å²) in [5.41, 5.74) is 4.54. The summed E-state index contributed by atoms with van der Waals surface area (Å²) in [5.74, 6) is 0.463. The number of hydrogen-bond donors (Lipinski definition) is 2. The van der Waals surface area contributed by atoms with Gasteiger partial charge in [0.1, 0.15) is 5.82 Å². The van der Waals surface area contributed by atoms with E-state index in [4.69, 9.17) is 4.98 Å².